The van der Waals surface area contributed by atoms with Gasteiger partial charge in [-0.15, -0.1) is 22.7 Å². The molecule has 1 aliphatic rings. The monoisotopic (exact) mass is 386 g/mol. The van der Waals surface area contributed by atoms with E-state index in [9.17, 15) is 4.79 Å². The number of thiazole rings is 1. The fourth-order valence-electron chi connectivity index (χ4n) is 2.23. The summed E-state index contributed by atoms with van der Waals surface area (Å²) in [7, 11) is 0. The van der Waals surface area contributed by atoms with E-state index in [0.29, 0.717) is 18.3 Å². The van der Waals surface area contributed by atoms with Gasteiger partial charge in [0.1, 0.15) is 10.7 Å². The van der Waals surface area contributed by atoms with Gasteiger partial charge in [0, 0.05) is 28.4 Å². The molecule has 4 nitrogen and oxygen atoms in total. The van der Waals surface area contributed by atoms with Crippen LogP contribution in [0, 0.1) is 0 Å². The molecule has 1 fully saturated rings. The third kappa shape index (κ3) is 3.91. The maximum absolute atomic E-state index is 12.1. The van der Waals surface area contributed by atoms with Crippen molar-refractivity contribution in [2.75, 3.05) is 13.2 Å². The van der Waals surface area contributed by atoms with Crippen molar-refractivity contribution in [3.63, 3.8) is 0 Å². The molecule has 3 heterocycles. The molecule has 0 aromatic carbocycles. The third-order valence-electron chi connectivity index (χ3n) is 3.29. The van der Waals surface area contributed by atoms with E-state index in [-0.39, 0.29) is 5.91 Å². The summed E-state index contributed by atoms with van der Waals surface area (Å²) in [4.78, 5) is 17.5. The van der Waals surface area contributed by atoms with Gasteiger partial charge in [0.15, 0.2) is 0 Å². The van der Waals surface area contributed by atoms with Crippen molar-refractivity contribution in [2.24, 2.45) is 0 Å². The fourth-order valence-corrected chi connectivity index (χ4v) is 4.53. The maximum atomic E-state index is 12.1. The number of hydrogen-bond acceptors (Lipinski definition) is 5. The molecule has 1 saturated heterocycles. The van der Waals surface area contributed by atoms with Crippen LogP contribution in [0.25, 0.3) is 9.88 Å². The molecule has 1 N–H and O–H groups in total. The summed E-state index contributed by atoms with van der Waals surface area (Å²) < 4.78 is 6.58. The van der Waals surface area contributed by atoms with Crippen molar-refractivity contribution in [1.82, 2.24) is 10.3 Å². The fraction of sp³-hybridized carbons (Fsp3) is 0.429. The zero-order valence-electron chi connectivity index (χ0n) is 11.3. The average Bonchev–Trinajstić information content (AvgIpc) is 3.19. The second-order valence-corrected chi connectivity index (χ2v) is 7.53. The Morgan fingerprint density at radius 3 is 3.10 bits per heavy atom. The second kappa shape index (κ2) is 7.00. The molecule has 0 bridgehead atoms. The molecule has 2 aromatic heterocycles. The summed E-state index contributed by atoms with van der Waals surface area (Å²) in [6, 6.07) is 2.02. The number of amides is 1. The number of halogens is 1. The van der Waals surface area contributed by atoms with Crippen molar-refractivity contribution in [2.45, 2.75) is 25.4 Å². The lowest BCUT2D eigenvalue weighted by atomic mass is 10.2. The number of nitrogens with zero attached hydrogens (tertiary/aromatic N) is 1. The summed E-state index contributed by atoms with van der Waals surface area (Å²) in [6.07, 6.45) is 3.41. The van der Waals surface area contributed by atoms with E-state index in [1.807, 2.05) is 16.8 Å². The highest BCUT2D eigenvalue weighted by atomic mass is 79.9. The molecule has 0 aliphatic carbocycles. The molecule has 0 spiro atoms. The molecular weight excluding hydrogens is 372 g/mol. The molecule has 7 heteroatoms. The number of carbonyl (C=O) groups excluding carboxylic acids is 1. The smallest absolute Gasteiger partial charge is 0.270 e. The van der Waals surface area contributed by atoms with Crippen molar-refractivity contribution in [3.05, 3.63) is 27.0 Å². The quantitative estimate of drug-likeness (QED) is 0.846. The molecule has 1 atom stereocenters. The minimum absolute atomic E-state index is 0.105. The summed E-state index contributed by atoms with van der Waals surface area (Å²) in [5, 5.41) is 7.62. The topological polar surface area (TPSA) is 51.2 Å². The number of rotatable bonds is 5. The SMILES string of the molecule is O=C(NCCC1CCCO1)c1csc(-c2cc(Br)cs2)n1. The Bertz CT molecular complexity index is 620. The zero-order valence-corrected chi connectivity index (χ0v) is 14.5. The molecule has 1 unspecified atom stereocenters. The Kier molecular flexibility index (Phi) is 5.05. The zero-order chi connectivity index (χ0) is 14.7. The lowest BCUT2D eigenvalue weighted by Gasteiger charge is -2.09. The van der Waals surface area contributed by atoms with E-state index in [0.717, 1.165) is 40.2 Å². The molecule has 112 valence electrons. The first-order valence-electron chi connectivity index (χ1n) is 6.82. The normalized spacial score (nSPS) is 18.0. The van der Waals surface area contributed by atoms with E-state index >= 15 is 0 Å². The number of hydrogen-bond donors (Lipinski definition) is 1. The molecular formula is C14H15BrN2O2S2. The van der Waals surface area contributed by atoms with Crippen molar-refractivity contribution >= 4 is 44.5 Å². The minimum atomic E-state index is -0.105. The van der Waals surface area contributed by atoms with Gasteiger partial charge >= 0.3 is 0 Å². The van der Waals surface area contributed by atoms with Crippen LogP contribution in [0.2, 0.25) is 0 Å². The van der Waals surface area contributed by atoms with Gasteiger partial charge in [-0.1, -0.05) is 0 Å². The highest BCUT2D eigenvalue weighted by molar-refractivity contribution is 9.10. The van der Waals surface area contributed by atoms with Gasteiger partial charge in [-0.05, 0) is 41.3 Å². The molecule has 0 radical (unpaired) electrons. The van der Waals surface area contributed by atoms with Crippen LogP contribution < -0.4 is 5.32 Å². The highest BCUT2D eigenvalue weighted by Gasteiger charge is 2.16. The summed E-state index contributed by atoms with van der Waals surface area (Å²) >= 11 is 6.54. The predicted octanol–water partition coefficient (Wildman–Crippen LogP) is 3.93. The Morgan fingerprint density at radius 2 is 2.38 bits per heavy atom. The van der Waals surface area contributed by atoms with E-state index in [1.165, 1.54) is 11.3 Å². The predicted molar refractivity (Wildman–Crippen MR) is 89.1 cm³/mol. The molecule has 1 aliphatic heterocycles. The number of thiophene rings is 1. The van der Waals surface area contributed by atoms with Gasteiger partial charge in [0.05, 0.1) is 11.0 Å². The molecule has 1 amide bonds. The van der Waals surface area contributed by atoms with Gasteiger partial charge in [0.25, 0.3) is 5.91 Å². The Balaban J connectivity index is 1.54. The van der Waals surface area contributed by atoms with Crippen LogP contribution in [0.1, 0.15) is 29.8 Å². The standard InChI is InChI=1S/C14H15BrN2O2S2/c15-9-6-12(20-7-9)14-17-11(8-21-14)13(18)16-4-3-10-2-1-5-19-10/h6-8,10H,1-5H2,(H,16,18). The lowest BCUT2D eigenvalue weighted by molar-refractivity contribution is 0.0904. The number of nitrogens with one attached hydrogen (secondary N) is 1. The van der Waals surface area contributed by atoms with Crippen LogP contribution in [-0.4, -0.2) is 30.1 Å². The molecule has 3 rings (SSSR count). The Hall–Kier alpha value is -0.760. The van der Waals surface area contributed by atoms with Crippen molar-refractivity contribution in [1.29, 1.82) is 0 Å². The summed E-state index contributed by atoms with van der Waals surface area (Å²) in [5.74, 6) is -0.105. The van der Waals surface area contributed by atoms with Crippen molar-refractivity contribution in [3.8, 4) is 9.88 Å². The second-order valence-electron chi connectivity index (χ2n) is 4.85. The van der Waals surface area contributed by atoms with Gasteiger partial charge in [-0.2, -0.15) is 0 Å². The van der Waals surface area contributed by atoms with E-state index in [4.69, 9.17) is 4.74 Å². The lowest BCUT2D eigenvalue weighted by Crippen LogP contribution is -2.27. The minimum Gasteiger partial charge on any atom is -0.378 e. The third-order valence-corrected chi connectivity index (χ3v) is 5.99. The van der Waals surface area contributed by atoms with E-state index in [2.05, 4.69) is 26.2 Å². The molecule has 0 saturated carbocycles. The van der Waals surface area contributed by atoms with Gasteiger partial charge in [0.2, 0.25) is 0 Å². The maximum Gasteiger partial charge on any atom is 0.270 e. The molecule has 21 heavy (non-hydrogen) atoms. The first-order chi connectivity index (χ1) is 10.2. The van der Waals surface area contributed by atoms with Crippen LogP contribution in [0.15, 0.2) is 21.3 Å². The Morgan fingerprint density at radius 1 is 1.48 bits per heavy atom. The first-order valence-corrected chi connectivity index (χ1v) is 9.37. The van der Waals surface area contributed by atoms with Crippen LogP contribution in [0.4, 0.5) is 0 Å². The van der Waals surface area contributed by atoms with Crippen LogP contribution in [-0.2, 0) is 4.74 Å². The van der Waals surface area contributed by atoms with Crippen LogP contribution in [0.3, 0.4) is 0 Å². The van der Waals surface area contributed by atoms with Crippen LogP contribution >= 0.6 is 38.6 Å². The number of carbonyl (C=O) groups is 1. The largest absolute Gasteiger partial charge is 0.378 e. The first kappa shape index (κ1) is 15.1. The van der Waals surface area contributed by atoms with Gasteiger partial charge in [-0.3, -0.25) is 4.79 Å². The van der Waals surface area contributed by atoms with Crippen molar-refractivity contribution < 1.29 is 9.53 Å². The number of aromatic nitrogens is 1. The van der Waals surface area contributed by atoms with E-state index in [1.54, 1.807) is 11.3 Å². The van der Waals surface area contributed by atoms with E-state index < -0.39 is 0 Å². The summed E-state index contributed by atoms with van der Waals surface area (Å²) in [5.41, 5.74) is 0.492. The highest BCUT2D eigenvalue weighted by Crippen LogP contribution is 2.31. The molecule has 2 aromatic rings. The average molecular weight is 387 g/mol. The van der Waals surface area contributed by atoms with Gasteiger partial charge < -0.3 is 10.1 Å². The number of ether oxygens (including phenoxy) is 1. The van der Waals surface area contributed by atoms with Gasteiger partial charge in [-0.25, -0.2) is 4.98 Å². The summed E-state index contributed by atoms with van der Waals surface area (Å²) in [6.45, 7) is 1.49. The Labute approximate surface area is 139 Å². The van der Waals surface area contributed by atoms with Crippen LogP contribution in [0.5, 0.6) is 0 Å².